The van der Waals surface area contributed by atoms with Crippen molar-refractivity contribution in [3.05, 3.63) is 59.3 Å². The van der Waals surface area contributed by atoms with Crippen LogP contribution in [0.25, 0.3) is 22.2 Å². The van der Waals surface area contributed by atoms with E-state index >= 15 is 0 Å². The monoisotopic (exact) mass is 508 g/mol. The van der Waals surface area contributed by atoms with Gasteiger partial charge in [-0.15, -0.1) is 0 Å². The fraction of sp³-hybridized carbons (Fsp3) is 0.448. The average molecular weight is 509 g/mol. The second kappa shape index (κ2) is 10.7. The summed E-state index contributed by atoms with van der Waals surface area (Å²) in [6, 6.07) is 10.7. The molecule has 2 aromatic heterocycles. The summed E-state index contributed by atoms with van der Waals surface area (Å²) in [6.07, 6.45) is 1.53. The number of carbonyl (C=O) groups is 2. The second-order valence-corrected chi connectivity index (χ2v) is 11.8. The number of carboxylic acids is 2. The molecule has 0 fully saturated rings. The zero-order valence-electron chi connectivity index (χ0n) is 22.6. The molecule has 37 heavy (non-hydrogen) atoms. The Bertz CT molecular complexity index is 1400. The number of aromatic nitrogens is 2. The summed E-state index contributed by atoms with van der Waals surface area (Å²) >= 11 is 0. The van der Waals surface area contributed by atoms with Gasteiger partial charge in [-0.2, -0.15) is 0 Å². The van der Waals surface area contributed by atoms with Crippen molar-refractivity contribution in [3.63, 3.8) is 0 Å². The smallest absolute Gasteiger partial charge is 0.310 e. The largest absolute Gasteiger partial charge is 0.481 e. The summed E-state index contributed by atoms with van der Waals surface area (Å²) < 4.78 is 11.3. The summed E-state index contributed by atoms with van der Waals surface area (Å²) in [5.41, 5.74) is 4.59. The van der Waals surface area contributed by atoms with Crippen LogP contribution in [0.1, 0.15) is 77.3 Å². The van der Waals surface area contributed by atoms with Gasteiger partial charge in [-0.25, -0.2) is 9.97 Å². The molecule has 0 amide bonds. The molecule has 1 unspecified atom stereocenters. The van der Waals surface area contributed by atoms with Crippen molar-refractivity contribution < 1.29 is 28.6 Å². The van der Waals surface area contributed by atoms with Crippen LogP contribution < -0.4 is 0 Å². The minimum Gasteiger partial charge on any atom is -0.481 e. The van der Waals surface area contributed by atoms with Crippen molar-refractivity contribution in [1.29, 1.82) is 0 Å². The van der Waals surface area contributed by atoms with Gasteiger partial charge in [0.15, 0.2) is 22.9 Å². The molecule has 0 aliphatic rings. The summed E-state index contributed by atoms with van der Waals surface area (Å²) in [5, 5.41) is 17.8. The van der Waals surface area contributed by atoms with Crippen LogP contribution in [0.2, 0.25) is 0 Å². The molecule has 0 bridgehead atoms. The van der Waals surface area contributed by atoms with Crippen LogP contribution in [-0.2, 0) is 28.9 Å². The Balaban J connectivity index is 0.000000206. The number of oxazole rings is 2. The van der Waals surface area contributed by atoms with Crippen molar-refractivity contribution in [2.75, 3.05) is 0 Å². The first-order valence-corrected chi connectivity index (χ1v) is 12.3. The van der Waals surface area contributed by atoms with Gasteiger partial charge in [-0.1, -0.05) is 53.7 Å². The lowest BCUT2D eigenvalue weighted by molar-refractivity contribution is -0.138. The number of rotatable bonds is 6. The number of carboxylic acid groups (broad SMARTS) is 2. The summed E-state index contributed by atoms with van der Waals surface area (Å²) in [7, 11) is 0. The number of nitrogens with zero attached hydrogens (tertiary/aromatic N) is 2. The number of hydrogen-bond acceptors (Lipinski definition) is 6. The molecule has 0 saturated carbocycles. The standard InChI is InChI=1S/C15H19NO3.C14H17NO3/c1-9(14(17)18)10-5-6-12-11(7-10)16-13(19-12)8-15(2,3)4;1-14(2,3)8-12-15-10-6-9(7-13(16)17)4-5-11(10)18-12/h5-7,9H,8H2,1-4H3,(H,17,18);4-6H,7-8H2,1-3H3,(H,16,17). The van der Waals surface area contributed by atoms with Gasteiger partial charge in [0, 0.05) is 12.8 Å². The van der Waals surface area contributed by atoms with E-state index in [0.717, 1.165) is 35.0 Å². The van der Waals surface area contributed by atoms with Crippen LogP contribution in [0.15, 0.2) is 45.2 Å². The zero-order valence-corrected chi connectivity index (χ0v) is 22.6. The SMILES string of the molecule is CC(C(=O)O)c1ccc2oc(CC(C)(C)C)nc2c1.CC(C)(C)Cc1nc2cc(CC(=O)O)ccc2o1. The fourth-order valence-corrected chi connectivity index (χ4v) is 3.77. The van der Waals surface area contributed by atoms with Gasteiger partial charge in [0.1, 0.15) is 11.0 Å². The van der Waals surface area contributed by atoms with E-state index < -0.39 is 17.9 Å². The third kappa shape index (κ3) is 8.17. The predicted octanol–water partition coefficient (Wildman–Crippen LogP) is 6.65. The highest BCUT2D eigenvalue weighted by molar-refractivity contribution is 5.80. The van der Waals surface area contributed by atoms with Gasteiger partial charge < -0.3 is 19.0 Å². The number of fused-ring (bicyclic) bond motifs is 2. The van der Waals surface area contributed by atoms with Gasteiger partial charge >= 0.3 is 11.9 Å². The molecule has 0 radical (unpaired) electrons. The second-order valence-electron chi connectivity index (χ2n) is 11.8. The Kier molecular flexibility index (Phi) is 8.10. The van der Waals surface area contributed by atoms with Crippen LogP contribution in [0.3, 0.4) is 0 Å². The number of aliphatic carboxylic acids is 2. The van der Waals surface area contributed by atoms with Crippen LogP contribution in [-0.4, -0.2) is 32.1 Å². The maximum Gasteiger partial charge on any atom is 0.310 e. The van der Waals surface area contributed by atoms with Crippen molar-refractivity contribution in [1.82, 2.24) is 9.97 Å². The van der Waals surface area contributed by atoms with Crippen molar-refractivity contribution >= 4 is 34.1 Å². The molecule has 2 N–H and O–H groups in total. The minimum absolute atomic E-state index is 0.0113. The van der Waals surface area contributed by atoms with Gasteiger partial charge in [-0.3, -0.25) is 9.59 Å². The van der Waals surface area contributed by atoms with Crippen molar-refractivity contribution in [2.24, 2.45) is 10.8 Å². The normalized spacial score (nSPS) is 12.8. The van der Waals surface area contributed by atoms with Gasteiger partial charge in [0.2, 0.25) is 0 Å². The van der Waals surface area contributed by atoms with E-state index in [1.54, 1.807) is 43.3 Å². The van der Waals surface area contributed by atoms with E-state index in [4.69, 9.17) is 19.0 Å². The summed E-state index contributed by atoms with van der Waals surface area (Å²) in [5.74, 6) is -0.815. The van der Waals surface area contributed by atoms with E-state index in [0.29, 0.717) is 22.9 Å². The van der Waals surface area contributed by atoms with Crippen LogP contribution in [0.4, 0.5) is 0 Å². The minimum atomic E-state index is -0.840. The molecule has 0 aliphatic carbocycles. The Hall–Kier alpha value is -3.68. The van der Waals surface area contributed by atoms with Crippen LogP contribution in [0.5, 0.6) is 0 Å². The Morgan fingerprint density at radius 1 is 0.811 bits per heavy atom. The maximum absolute atomic E-state index is 11.0. The Morgan fingerprint density at radius 2 is 1.30 bits per heavy atom. The molecular weight excluding hydrogens is 472 g/mol. The highest BCUT2D eigenvalue weighted by Gasteiger charge is 2.19. The van der Waals surface area contributed by atoms with Gasteiger partial charge in [0.05, 0.1) is 12.3 Å². The van der Waals surface area contributed by atoms with E-state index in [-0.39, 0.29) is 17.3 Å². The van der Waals surface area contributed by atoms with Crippen LogP contribution >= 0.6 is 0 Å². The maximum atomic E-state index is 11.0. The molecule has 198 valence electrons. The first-order chi connectivity index (χ1) is 17.1. The third-order valence-corrected chi connectivity index (χ3v) is 5.54. The van der Waals surface area contributed by atoms with Crippen LogP contribution in [0, 0.1) is 10.8 Å². The van der Waals surface area contributed by atoms with E-state index in [2.05, 4.69) is 51.5 Å². The molecule has 4 aromatic rings. The lowest BCUT2D eigenvalue weighted by atomic mass is 9.92. The molecule has 2 heterocycles. The number of benzene rings is 2. The van der Waals surface area contributed by atoms with E-state index in [1.165, 1.54) is 0 Å². The highest BCUT2D eigenvalue weighted by atomic mass is 16.4. The predicted molar refractivity (Wildman–Crippen MR) is 142 cm³/mol. The van der Waals surface area contributed by atoms with Gasteiger partial charge in [0.25, 0.3) is 0 Å². The average Bonchev–Trinajstić information content (AvgIpc) is 3.31. The first-order valence-electron chi connectivity index (χ1n) is 12.3. The van der Waals surface area contributed by atoms with Gasteiger partial charge in [-0.05, 0) is 53.1 Å². The molecule has 4 rings (SSSR count). The molecule has 2 aromatic carbocycles. The van der Waals surface area contributed by atoms with E-state index in [9.17, 15) is 9.59 Å². The van der Waals surface area contributed by atoms with Crippen molar-refractivity contribution in [3.8, 4) is 0 Å². The number of hydrogen-bond donors (Lipinski definition) is 2. The highest BCUT2D eigenvalue weighted by Crippen LogP contribution is 2.26. The van der Waals surface area contributed by atoms with E-state index in [1.807, 2.05) is 0 Å². The third-order valence-electron chi connectivity index (χ3n) is 5.54. The lowest BCUT2D eigenvalue weighted by Gasteiger charge is -2.14. The Morgan fingerprint density at radius 3 is 1.76 bits per heavy atom. The van der Waals surface area contributed by atoms with Crippen molar-refractivity contribution in [2.45, 2.75) is 73.6 Å². The summed E-state index contributed by atoms with van der Waals surface area (Å²) in [6.45, 7) is 14.4. The quantitative estimate of drug-likeness (QED) is 0.296. The topological polar surface area (TPSA) is 127 Å². The molecule has 0 saturated heterocycles. The molecule has 0 spiro atoms. The molecule has 8 nitrogen and oxygen atoms in total. The molecule has 0 aliphatic heterocycles. The fourth-order valence-electron chi connectivity index (χ4n) is 3.77. The molecule has 1 atom stereocenters. The Labute approximate surface area is 216 Å². The summed E-state index contributed by atoms with van der Waals surface area (Å²) in [4.78, 5) is 30.5. The molecular formula is C29H36N2O6. The first kappa shape index (κ1) is 27.9. The lowest BCUT2D eigenvalue weighted by Crippen LogP contribution is -2.09. The zero-order chi connectivity index (χ0) is 27.5. The molecule has 8 heteroatoms.